The van der Waals surface area contributed by atoms with Crippen molar-refractivity contribution in [3.8, 4) is 0 Å². The Hall–Kier alpha value is -0.557. The minimum absolute atomic E-state index is 1.27. The van der Waals surface area contributed by atoms with E-state index in [4.69, 9.17) is 0 Å². The van der Waals surface area contributed by atoms with Crippen molar-refractivity contribution in [2.24, 2.45) is 0 Å². The van der Waals surface area contributed by atoms with Crippen LogP contribution in [-0.4, -0.2) is 75.1 Å². The quantitative estimate of drug-likeness (QED) is 0.759. The first-order valence-corrected chi connectivity index (χ1v) is 9.91. The Kier molecular flexibility index (Phi) is 5.22. The van der Waals surface area contributed by atoms with E-state index in [2.05, 4.69) is 95.1 Å². The van der Waals surface area contributed by atoms with Crippen LogP contribution in [0.4, 0.5) is 5.69 Å². The molecule has 1 rings (SSSR count). The maximum absolute atomic E-state index is 2.65. The summed E-state index contributed by atoms with van der Waals surface area (Å²) in [7, 11) is 15.3. The van der Waals surface area contributed by atoms with Gasteiger partial charge in [0.05, 0.1) is 0 Å². The van der Waals surface area contributed by atoms with Crippen molar-refractivity contribution in [1.82, 2.24) is 11.6 Å². The van der Waals surface area contributed by atoms with Gasteiger partial charge in [0.15, 0.2) is 0 Å². The van der Waals surface area contributed by atoms with Crippen molar-refractivity contribution < 1.29 is 0 Å². The summed E-state index contributed by atoms with van der Waals surface area (Å²) in [6, 6.07) is 10.6. The van der Waals surface area contributed by atoms with Gasteiger partial charge in [0.1, 0.15) is 0 Å². The Bertz CT molecular complexity index is 343. The molecule has 5 heteroatoms. The van der Waals surface area contributed by atoms with Crippen molar-refractivity contribution >= 4 is 19.8 Å². The van der Waals surface area contributed by atoms with E-state index in [9.17, 15) is 0 Å². The second kappa shape index (κ2) is 6.06. The van der Waals surface area contributed by atoms with Crippen LogP contribution in [0.25, 0.3) is 0 Å². The average Bonchev–Trinajstić information content (AvgIpc) is 2.29. The first kappa shape index (κ1) is 15.5. The number of nitrogens with zero attached hydrogens (tertiary/aromatic N) is 4. The van der Waals surface area contributed by atoms with Gasteiger partial charge >= 0.3 is 115 Å². The molecule has 18 heavy (non-hydrogen) atoms. The third kappa shape index (κ3) is 2.56. The fraction of sp³-hybridized carbons (Fsp3) is 0.538. The summed E-state index contributed by atoms with van der Waals surface area (Å²) in [5.74, 6) is 0. The maximum atomic E-state index is 2.46. The van der Waals surface area contributed by atoms with Crippen molar-refractivity contribution in [3.05, 3.63) is 30.3 Å². The molecular weight excluding hydrogens is 285 g/mol. The van der Waals surface area contributed by atoms with Crippen LogP contribution in [0.3, 0.4) is 0 Å². The molecular formula is C13H26GeN4. The molecule has 102 valence electrons. The zero-order valence-electron chi connectivity index (χ0n) is 12.7. The number of rotatable bonds is 5. The van der Waals surface area contributed by atoms with Crippen molar-refractivity contribution in [2.75, 3.05) is 53.2 Å². The Morgan fingerprint density at radius 1 is 0.667 bits per heavy atom. The molecule has 1 aromatic carbocycles. The minimum atomic E-state index is -2.65. The van der Waals surface area contributed by atoms with E-state index in [0.29, 0.717) is 0 Å². The molecule has 0 radical (unpaired) electrons. The SMILES string of the molecule is C[N](C)[Ge]([N](C)C)([N](C)C)[N](C)c1ccccc1. The molecule has 0 bridgehead atoms. The predicted molar refractivity (Wildman–Crippen MR) is 81.7 cm³/mol. The molecule has 1 aromatic rings. The van der Waals surface area contributed by atoms with Gasteiger partial charge in [-0.3, -0.25) is 0 Å². The van der Waals surface area contributed by atoms with E-state index in [0.717, 1.165) is 0 Å². The summed E-state index contributed by atoms with van der Waals surface area (Å²) in [6.45, 7) is 0. The van der Waals surface area contributed by atoms with Crippen LogP contribution in [-0.2, 0) is 0 Å². The van der Waals surface area contributed by atoms with Crippen LogP contribution in [0.5, 0.6) is 0 Å². The van der Waals surface area contributed by atoms with Gasteiger partial charge < -0.3 is 0 Å². The normalized spacial score (nSPS) is 12.6. The monoisotopic (exact) mass is 312 g/mol. The third-order valence-electron chi connectivity index (χ3n) is 3.39. The van der Waals surface area contributed by atoms with Gasteiger partial charge in [0.2, 0.25) is 0 Å². The van der Waals surface area contributed by atoms with E-state index >= 15 is 0 Å². The number of hydrogen-bond acceptors (Lipinski definition) is 4. The van der Waals surface area contributed by atoms with Crippen molar-refractivity contribution in [2.45, 2.75) is 0 Å². The standard InChI is InChI=1S/C13H26GeN4/c1-15(2)14(16(3)4,17(5)6)18(7)13-11-9-8-10-12-13/h8-12H,1-7H3. The van der Waals surface area contributed by atoms with Crippen molar-refractivity contribution in [1.29, 1.82) is 0 Å². The van der Waals surface area contributed by atoms with E-state index in [-0.39, 0.29) is 0 Å². The van der Waals surface area contributed by atoms with Gasteiger partial charge in [0, 0.05) is 0 Å². The van der Waals surface area contributed by atoms with Crippen LogP contribution in [0.15, 0.2) is 30.3 Å². The Balaban J connectivity index is 3.27. The molecule has 0 aliphatic rings. The summed E-state index contributed by atoms with van der Waals surface area (Å²) < 4.78 is 9.65. The molecule has 0 atom stereocenters. The van der Waals surface area contributed by atoms with Gasteiger partial charge in [0.25, 0.3) is 0 Å². The molecule has 0 fully saturated rings. The predicted octanol–water partition coefficient (Wildman–Crippen LogP) is 1.24. The second-order valence-corrected chi connectivity index (χ2v) is 14.7. The molecule has 0 aliphatic carbocycles. The summed E-state index contributed by atoms with van der Waals surface area (Å²) in [4.78, 5) is 0. The fourth-order valence-corrected chi connectivity index (χ4v) is 12.8. The van der Waals surface area contributed by atoms with Gasteiger partial charge in [-0.1, -0.05) is 0 Å². The molecule has 4 nitrogen and oxygen atoms in total. The number of hydrogen-bond donors (Lipinski definition) is 0. The van der Waals surface area contributed by atoms with Gasteiger partial charge in [-0.2, -0.15) is 0 Å². The van der Waals surface area contributed by atoms with Gasteiger partial charge in [-0.15, -0.1) is 0 Å². The van der Waals surface area contributed by atoms with Crippen molar-refractivity contribution in [3.63, 3.8) is 0 Å². The summed E-state index contributed by atoms with van der Waals surface area (Å²) in [5, 5.41) is 0. The van der Waals surface area contributed by atoms with E-state index in [1.807, 2.05) is 0 Å². The van der Waals surface area contributed by atoms with E-state index in [1.54, 1.807) is 0 Å². The van der Waals surface area contributed by atoms with Crippen LogP contribution in [0.2, 0.25) is 0 Å². The summed E-state index contributed by atoms with van der Waals surface area (Å²) in [5.41, 5.74) is 1.27. The zero-order chi connectivity index (χ0) is 13.9. The summed E-state index contributed by atoms with van der Waals surface area (Å²) >= 11 is -2.65. The van der Waals surface area contributed by atoms with E-state index < -0.39 is 14.2 Å². The first-order chi connectivity index (χ1) is 8.35. The zero-order valence-corrected chi connectivity index (χ0v) is 14.8. The molecule has 0 spiro atoms. The third-order valence-corrected chi connectivity index (χ3v) is 13.4. The Morgan fingerprint density at radius 3 is 1.39 bits per heavy atom. The molecule has 0 N–H and O–H groups in total. The molecule has 0 aromatic heterocycles. The molecule has 0 saturated heterocycles. The van der Waals surface area contributed by atoms with Crippen LogP contribution >= 0.6 is 0 Å². The van der Waals surface area contributed by atoms with E-state index in [1.165, 1.54) is 5.69 Å². The fourth-order valence-electron chi connectivity index (χ4n) is 2.92. The summed E-state index contributed by atoms with van der Waals surface area (Å²) in [6.07, 6.45) is 0. The number of anilines is 1. The number of benzene rings is 1. The molecule has 0 saturated carbocycles. The molecule has 0 heterocycles. The second-order valence-electron chi connectivity index (χ2n) is 5.18. The molecule has 0 aliphatic heterocycles. The van der Waals surface area contributed by atoms with Gasteiger partial charge in [-0.05, 0) is 0 Å². The molecule has 0 amide bonds. The first-order valence-electron chi connectivity index (χ1n) is 6.16. The van der Waals surface area contributed by atoms with Crippen LogP contribution in [0.1, 0.15) is 0 Å². The average molecular weight is 311 g/mol. The Labute approximate surface area is 115 Å². The topological polar surface area (TPSA) is 13.0 Å². The number of para-hydroxylation sites is 1. The van der Waals surface area contributed by atoms with Crippen LogP contribution in [0, 0.1) is 0 Å². The van der Waals surface area contributed by atoms with Gasteiger partial charge in [-0.25, -0.2) is 0 Å². The Morgan fingerprint density at radius 2 is 1.06 bits per heavy atom. The van der Waals surface area contributed by atoms with Crippen LogP contribution < -0.4 is 3.86 Å². The molecule has 0 unspecified atom stereocenters.